The van der Waals surface area contributed by atoms with Gasteiger partial charge in [0.25, 0.3) is 0 Å². The van der Waals surface area contributed by atoms with Crippen molar-refractivity contribution in [3.05, 3.63) is 35.6 Å². The Balaban J connectivity index is 0.000000354. The summed E-state index contributed by atoms with van der Waals surface area (Å²) in [5.74, 6) is 2.35. The van der Waals surface area contributed by atoms with Crippen molar-refractivity contribution < 1.29 is 9.18 Å². The van der Waals surface area contributed by atoms with Crippen LogP contribution in [0.4, 0.5) is 4.39 Å². The highest BCUT2D eigenvalue weighted by Gasteiger charge is 1.86. The number of hydrogen-bond donors (Lipinski definition) is 0. The van der Waals surface area contributed by atoms with Crippen molar-refractivity contribution >= 4 is 17.3 Å². The van der Waals surface area contributed by atoms with Crippen molar-refractivity contribution in [1.82, 2.24) is 0 Å². The molecule has 12 heavy (non-hydrogen) atoms. The average molecular weight is 185 g/mol. The lowest BCUT2D eigenvalue weighted by molar-refractivity contribution is 0.569. The van der Waals surface area contributed by atoms with Crippen LogP contribution in [0.15, 0.2) is 24.3 Å². The van der Waals surface area contributed by atoms with E-state index in [0.29, 0.717) is 5.56 Å². The van der Waals surface area contributed by atoms with E-state index >= 15 is 0 Å². The molecule has 0 atom stereocenters. The van der Waals surface area contributed by atoms with Gasteiger partial charge in [-0.15, -0.1) is 6.42 Å². The Kier molecular flexibility index (Phi) is 5.68. The minimum atomic E-state index is -0.256. The summed E-state index contributed by atoms with van der Waals surface area (Å²) in [6, 6.07) is 5.81. The van der Waals surface area contributed by atoms with Crippen molar-refractivity contribution in [2.75, 3.05) is 0 Å². The van der Waals surface area contributed by atoms with Crippen LogP contribution < -0.4 is 0 Å². The molecule has 0 aliphatic carbocycles. The number of benzene rings is 1. The largest absolute Gasteiger partial charge is 0.285 e. The Morgan fingerprint density at radius 3 is 2.17 bits per heavy atom. The van der Waals surface area contributed by atoms with Gasteiger partial charge < -0.3 is 0 Å². The monoisotopic (exact) mass is 184 g/mol. The van der Waals surface area contributed by atoms with Crippen LogP contribution in [0, 0.1) is 18.2 Å². The van der Waals surface area contributed by atoms with Crippen LogP contribution in [0.5, 0.6) is 0 Å². The van der Waals surface area contributed by atoms with Gasteiger partial charge >= 0.3 is 0 Å². The van der Waals surface area contributed by atoms with E-state index in [1.807, 2.05) is 0 Å². The summed E-state index contributed by atoms with van der Waals surface area (Å²) >= 11 is 4.32. The zero-order chi connectivity index (χ0) is 9.40. The topological polar surface area (TPSA) is 17.1 Å². The summed E-state index contributed by atoms with van der Waals surface area (Å²) in [6.45, 7) is 0. The van der Waals surface area contributed by atoms with Gasteiger partial charge in [0, 0.05) is 5.56 Å². The first-order valence-corrected chi connectivity index (χ1v) is 3.44. The molecule has 0 bridgehead atoms. The third-order valence-corrected chi connectivity index (χ3v) is 1.01. The summed E-state index contributed by atoms with van der Waals surface area (Å²) in [5.41, 5.74) is 0.705. The highest BCUT2D eigenvalue weighted by molar-refractivity contribution is 6.54. The molecule has 1 nitrogen and oxygen atoms in total. The highest BCUT2D eigenvalue weighted by atomic mass is 35.5. The normalized spacial score (nSPS) is 7.42. The van der Waals surface area contributed by atoms with E-state index in [4.69, 9.17) is 11.2 Å². The molecule has 0 saturated heterocycles. The summed E-state index contributed by atoms with van der Waals surface area (Å²) in [4.78, 5) is 8.57. The first-order valence-electron chi connectivity index (χ1n) is 3.00. The molecule has 0 N–H and O–H groups in total. The first-order chi connectivity index (χ1) is 5.74. The van der Waals surface area contributed by atoms with E-state index in [1.165, 1.54) is 12.1 Å². The molecule has 0 heterocycles. The molecule has 0 unspecified atom stereocenters. The zero-order valence-corrected chi connectivity index (χ0v) is 6.88. The average Bonchev–Trinajstić information content (AvgIpc) is 2.07. The Bertz CT molecular complexity index is 274. The zero-order valence-electron chi connectivity index (χ0n) is 6.13. The van der Waals surface area contributed by atoms with E-state index in [0.717, 1.165) is 0 Å². The minimum Gasteiger partial charge on any atom is -0.285 e. The van der Waals surface area contributed by atoms with Gasteiger partial charge in [0.05, 0.1) is 0 Å². The van der Waals surface area contributed by atoms with Gasteiger partial charge in [-0.1, -0.05) is 5.92 Å². The van der Waals surface area contributed by atoms with Gasteiger partial charge in [0.2, 0.25) is 5.75 Å². The van der Waals surface area contributed by atoms with Gasteiger partial charge in [-0.25, -0.2) is 4.39 Å². The molecule has 1 rings (SSSR count). The maximum Gasteiger partial charge on any atom is 0.208 e. The van der Waals surface area contributed by atoms with Crippen LogP contribution in [-0.2, 0) is 4.79 Å². The van der Waals surface area contributed by atoms with Crippen molar-refractivity contribution in [3.8, 4) is 12.3 Å². The van der Waals surface area contributed by atoms with Crippen LogP contribution in [0.1, 0.15) is 5.56 Å². The third-order valence-electron chi connectivity index (χ3n) is 1.01. The van der Waals surface area contributed by atoms with E-state index in [2.05, 4.69) is 17.5 Å². The predicted molar refractivity (Wildman–Crippen MR) is 46.9 cm³/mol. The van der Waals surface area contributed by atoms with E-state index in [-0.39, 0.29) is 11.6 Å². The molecule has 0 spiro atoms. The van der Waals surface area contributed by atoms with Gasteiger partial charge in [0.15, 0.2) is 0 Å². The van der Waals surface area contributed by atoms with Crippen molar-refractivity contribution in [2.45, 2.75) is 0 Å². The lowest BCUT2D eigenvalue weighted by atomic mass is 10.2. The highest BCUT2D eigenvalue weighted by Crippen LogP contribution is 1.99. The summed E-state index contributed by atoms with van der Waals surface area (Å²) in [7, 11) is 0. The Hall–Kier alpha value is -1.33. The Morgan fingerprint density at radius 1 is 1.42 bits per heavy atom. The SMILES string of the molecule is C#Cc1ccc(F)cc1.O=CCl. The molecule has 0 aliphatic rings. The van der Waals surface area contributed by atoms with Crippen molar-refractivity contribution in [1.29, 1.82) is 0 Å². The fourth-order valence-electron chi connectivity index (χ4n) is 0.546. The second-order valence-corrected chi connectivity index (χ2v) is 1.92. The summed E-state index contributed by atoms with van der Waals surface area (Å²) in [6.07, 6.45) is 5.03. The van der Waals surface area contributed by atoms with Gasteiger partial charge in [-0.3, -0.25) is 4.79 Å². The molecule has 0 aliphatic heterocycles. The second-order valence-electron chi connectivity index (χ2n) is 1.74. The maximum atomic E-state index is 12.2. The van der Waals surface area contributed by atoms with Crippen molar-refractivity contribution in [2.24, 2.45) is 0 Å². The molecule has 0 fully saturated rings. The van der Waals surface area contributed by atoms with E-state index in [9.17, 15) is 4.39 Å². The number of rotatable bonds is 0. The lowest BCUT2D eigenvalue weighted by Gasteiger charge is -1.86. The van der Waals surface area contributed by atoms with Gasteiger partial charge in [-0.05, 0) is 35.9 Å². The smallest absolute Gasteiger partial charge is 0.208 e. The quantitative estimate of drug-likeness (QED) is 0.343. The molecule has 62 valence electrons. The molecule has 0 saturated carbocycles. The maximum absolute atomic E-state index is 12.2. The molecular formula is C9H6ClFO. The number of hydrogen-bond acceptors (Lipinski definition) is 1. The lowest BCUT2D eigenvalue weighted by Crippen LogP contribution is -1.73. The Labute approximate surface area is 75.2 Å². The predicted octanol–water partition coefficient (Wildman–Crippen LogP) is 2.22. The molecule has 1 aromatic rings. The molecule has 0 radical (unpaired) electrons. The number of carbonyl (C=O) groups is 1. The molecule has 0 aromatic heterocycles. The molecule has 0 amide bonds. The molecule has 1 aromatic carbocycles. The minimum absolute atomic E-state index is 0.222. The first kappa shape index (κ1) is 10.7. The van der Waals surface area contributed by atoms with Crippen LogP contribution >= 0.6 is 11.6 Å². The van der Waals surface area contributed by atoms with Crippen molar-refractivity contribution in [3.63, 3.8) is 0 Å². The molecule has 3 heteroatoms. The summed E-state index contributed by atoms with van der Waals surface area (Å²) < 4.78 is 12.2. The number of carbonyl (C=O) groups excluding carboxylic acids is 1. The molecular weight excluding hydrogens is 179 g/mol. The summed E-state index contributed by atoms with van der Waals surface area (Å²) in [5, 5.41) is 0. The third kappa shape index (κ3) is 4.48. The van der Waals surface area contributed by atoms with Crippen LogP contribution in [-0.4, -0.2) is 5.75 Å². The van der Waals surface area contributed by atoms with Crippen LogP contribution in [0.25, 0.3) is 0 Å². The van der Waals surface area contributed by atoms with Gasteiger partial charge in [0.1, 0.15) is 5.82 Å². The van der Waals surface area contributed by atoms with E-state index < -0.39 is 0 Å². The number of halogens is 2. The van der Waals surface area contributed by atoms with E-state index in [1.54, 1.807) is 12.1 Å². The standard InChI is InChI=1S/C8H5F.CHClO/c1-2-7-3-5-8(9)6-4-7;2-1-3/h1,3-6H;1H. The van der Waals surface area contributed by atoms with Gasteiger partial charge in [-0.2, -0.15) is 0 Å². The fourth-order valence-corrected chi connectivity index (χ4v) is 0.546. The fraction of sp³-hybridized carbons (Fsp3) is 0. The van der Waals surface area contributed by atoms with Crippen LogP contribution in [0.2, 0.25) is 0 Å². The Morgan fingerprint density at radius 2 is 1.83 bits per heavy atom. The second kappa shape index (κ2) is 6.38. The number of terminal acetylenes is 1. The van der Waals surface area contributed by atoms with Crippen LogP contribution in [0.3, 0.4) is 0 Å².